The first kappa shape index (κ1) is 24.3. The average molecular weight is 475 g/mol. The van der Waals surface area contributed by atoms with Gasteiger partial charge in [-0.25, -0.2) is 4.79 Å². The highest BCUT2D eigenvalue weighted by Gasteiger charge is 2.70. The van der Waals surface area contributed by atoms with E-state index in [0.717, 1.165) is 44.1 Å². The predicted octanol–water partition coefficient (Wildman–Crippen LogP) is 2.39. The van der Waals surface area contributed by atoms with Crippen molar-refractivity contribution in [3.8, 4) is 0 Å². The Morgan fingerprint density at radius 1 is 1.18 bits per heavy atom. The van der Waals surface area contributed by atoms with Gasteiger partial charge in [-0.05, 0) is 93.0 Å². The summed E-state index contributed by atoms with van der Waals surface area (Å²) >= 11 is 0. The van der Waals surface area contributed by atoms with E-state index in [4.69, 9.17) is 10.5 Å². The van der Waals surface area contributed by atoms with Gasteiger partial charge in [-0.1, -0.05) is 13.8 Å². The molecule has 1 heterocycles. The number of hydrogen-bond donors (Lipinski definition) is 3. The third kappa shape index (κ3) is 3.19. The number of amides is 1. The van der Waals surface area contributed by atoms with Crippen LogP contribution < -0.4 is 5.73 Å². The van der Waals surface area contributed by atoms with Crippen LogP contribution in [0.3, 0.4) is 0 Å². The summed E-state index contributed by atoms with van der Waals surface area (Å²) in [5.41, 5.74) is 5.23. The highest BCUT2D eigenvalue weighted by atomic mass is 16.5. The van der Waals surface area contributed by atoms with Crippen molar-refractivity contribution in [3.63, 3.8) is 0 Å². The summed E-state index contributed by atoms with van der Waals surface area (Å²) in [5, 5.41) is 24.0. The Morgan fingerprint density at radius 3 is 2.56 bits per heavy atom. The number of ether oxygens (including phenoxy) is 1. The second-order valence-electron chi connectivity index (χ2n) is 12.5. The third-order valence-corrected chi connectivity index (χ3v) is 11.3. The lowest BCUT2D eigenvalue weighted by Crippen LogP contribution is -2.67. The molecule has 1 amide bonds. The van der Waals surface area contributed by atoms with E-state index in [1.165, 1.54) is 0 Å². The summed E-state index contributed by atoms with van der Waals surface area (Å²) in [6.07, 6.45) is 7.97. The van der Waals surface area contributed by atoms with Crippen LogP contribution in [0.15, 0.2) is 11.6 Å². The summed E-state index contributed by atoms with van der Waals surface area (Å²) < 4.78 is 5.19. The molecule has 4 N–H and O–H groups in total. The molecule has 0 radical (unpaired) electrons. The van der Waals surface area contributed by atoms with Gasteiger partial charge in [-0.3, -0.25) is 4.79 Å². The Morgan fingerprint density at radius 2 is 1.91 bits per heavy atom. The van der Waals surface area contributed by atoms with Crippen molar-refractivity contribution in [2.75, 3.05) is 13.7 Å². The first-order chi connectivity index (χ1) is 15.9. The average Bonchev–Trinajstić information content (AvgIpc) is 3.34. The molecule has 0 aromatic heterocycles. The lowest BCUT2D eigenvalue weighted by atomic mass is 9.42. The van der Waals surface area contributed by atoms with Gasteiger partial charge in [0, 0.05) is 24.6 Å². The van der Waals surface area contributed by atoms with E-state index in [9.17, 15) is 19.8 Å². The molecule has 34 heavy (non-hydrogen) atoms. The first-order valence-corrected chi connectivity index (χ1v) is 13.2. The molecule has 4 aliphatic carbocycles. The molecule has 0 aromatic carbocycles. The summed E-state index contributed by atoms with van der Waals surface area (Å²) in [6, 6.07) is -0.279. The van der Waals surface area contributed by atoms with Gasteiger partial charge < -0.3 is 25.6 Å². The van der Waals surface area contributed by atoms with Crippen molar-refractivity contribution in [2.24, 2.45) is 40.2 Å². The smallest absolute Gasteiger partial charge is 0.331 e. The summed E-state index contributed by atoms with van der Waals surface area (Å²) in [7, 11) is 1.88. The maximum Gasteiger partial charge on any atom is 0.331 e. The van der Waals surface area contributed by atoms with Gasteiger partial charge >= 0.3 is 5.97 Å². The zero-order chi connectivity index (χ0) is 24.6. The molecule has 0 unspecified atom stereocenters. The molecular formula is C27H42N2O5. The van der Waals surface area contributed by atoms with Crippen LogP contribution in [0, 0.1) is 34.5 Å². The number of nitrogens with two attached hydrogens (primary N) is 1. The lowest BCUT2D eigenvalue weighted by molar-refractivity contribution is -0.243. The minimum atomic E-state index is -0.945. The molecule has 0 saturated heterocycles. The highest BCUT2D eigenvalue weighted by Crippen LogP contribution is 2.70. The van der Waals surface area contributed by atoms with Crippen molar-refractivity contribution in [1.29, 1.82) is 0 Å². The van der Waals surface area contributed by atoms with Gasteiger partial charge in [0.1, 0.15) is 6.61 Å². The zero-order valence-corrected chi connectivity index (χ0v) is 21.1. The molecule has 0 aromatic rings. The highest BCUT2D eigenvalue weighted by molar-refractivity contribution is 5.85. The molecule has 1 aliphatic heterocycles. The summed E-state index contributed by atoms with van der Waals surface area (Å²) in [4.78, 5) is 26.1. The van der Waals surface area contributed by atoms with E-state index in [1.54, 1.807) is 13.0 Å². The molecule has 190 valence electrons. The Kier molecular flexibility index (Phi) is 5.74. The number of likely N-dealkylation sites (N-methyl/N-ethyl adjacent to an activating group) is 1. The third-order valence-electron chi connectivity index (χ3n) is 11.3. The van der Waals surface area contributed by atoms with Gasteiger partial charge in [0.2, 0.25) is 5.91 Å². The molecule has 10 atom stereocenters. The van der Waals surface area contributed by atoms with E-state index in [2.05, 4.69) is 13.8 Å². The Balaban J connectivity index is 1.40. The Bertz CT molecular complexity index is 903. The van der Waals surface area contributed by atoms with E-state index < -0.39 is 23.2 Å². The molecule has 4 saturated carbocycles. The van der Waals surface area contributed by atoms with Crippen LogP contribution in [0.25, 0.3) is 0 Å². The summed E-state index contributed by atoms with van der Waals surface area (Å²) in [6.45, 7) is 6.45. The normalized spacial score (nSPS) is 48.8. The molecule has 5 rings (SSSR count). The lowest BCUT2D eigenvalue weighted by Gasteiger charge is -2.65. The molecular weight excluding hydrogens is 432 g/mol. The van der Waals surface area contributed by atoms with Gasteiger partial charge in [-0.2, -0.15) is 0 Å². The van der Waals surface area contributed by atoms with Crippen LogP contribution >= 0.6 is 0 Å². The van der Waals surface area contributed by atoms with Crippen molar-refractivity contribution < 1.29 is 24.5 Å². The number of esters is 1. The van der Waals surface area contributed by atoms with Crippen LogP contribution in [0.1, 0.15) is 72.1 Å². The quantitative estimate of drug-likeness (QED) is 0.542. The van der Waals surface area contributed by atoms with E-state index in [0.29, 0.717) is 18.8 Å². The largest absolute Gasteiger partial charge is 0.458 e. The first-order valence-electron chi connectivity index (χ1n) is 13.2. The molecule has 7 nitrogen and oxygen atoms in total. The summed E-state index contributed by atoms with van der Waals surface area (Å²) in [5.74, 6) is 0.529. The van der Waals surface area contributed by atoms with Gasteiger partial charge in [0.05, 0.1) is 17.7 Å². The van der Waals surface area contributed by atoms with Crippen LogP contribution in [0.2, 0.25) is 0 Å². The number of rotatable bonds is 3. The Hall–Kier alpha value is -1.44. The monoisotopic (exact) mass is 474 g/mol. The van der Waals surface area contributed by atoms with Crippen molar-refractivity contribution in [3.05, 3.63) is 11.6 Å². The Labute approximate surface area is 203 Å². The van der Waals surface area contributed by atoms with Crippen molar-refractivity contribution in [1.82, 2.24) is 4.90 Å². The van der Waals surface area contributed by atoms with Crippen LogP contribution in [0.5, 0.6) is 0 Å². The number of fused-ring (bicyclic) bond motifs is 5. The van der Waals surface area contributed by atoms with Crippen LogP contribution in [-0.4, -0.2) is 64.4 Å². The van der Waals surface area contributed by atoms with E-state index in [1.807, 2.05) is 11.9 Å². The van der Waals surface area contributed by atoms with E-state index in [-0.39, 0.29) is 47.7 Å². The van der Waals surface area contributed by atoms with Crippen molar-refractivity contribution >= 4 is 11.9 Å². The maximum atomic E-state index is 12.5. The minimum absolute atomic E-state index is 0.00105. The van der Waals surface area contributed by atoms with Crippen LogP contribution in [-0.2, 0) is 14.3 Å². The van der Waals surface area contributed by atoms with E-state index >= 15 is 0 Å². The molecule has 0 spiro atoms. The van der Waals surface area contributed by atoms with Gasteiger partial charge in [-0.15, -0.1) is 0 Å². The van der Waals surface area contributed by atoms with Crippen LogP contribution in [0.4, 0.5) is 0 Å². The molecule has 5 aliphatic rings. The fraction of sp³-hybridized carbons (Fsp3) is 0.852. The van der Waals surface area contributed by atoms with Crippen molar-refractivity contribution in [2.45, 2.75) is 95.9 Å². The zero-order valence-electron chi connectivity index (χ0n) is 21.1. The van der Waals surface area contributed by atoms with Gasteiger partial charge in [0.25, 0.3) is 0 Å². The molecule has 7 heteroatoms. The second kappa shape index (κ2) is 8.04. The predicted molar refractivity (Wildman–Crippen MR) is 127 cm³/mol. The number of cyclic esters (lactones) is 1. The number of aliphatic hydroxyl groups is 2. The maximum absolute atomic E-state index is 12.5. The van der Waals surface area contributed by atoms with Gasteiger partial charge in [0.15, 0.2) is 0 Å². The number of aliphatic hydroxyl groups excluding tert-OH is 1. The molecule has 4 fully saturated rings. The topological polar surface area (TPSA) is 113 Å². The SMILES string of the molecule is C[C@@H](N)C(=O)N(C)[C@@H]1CC[C@]2(C)[C@H](CC[C@@H]3[C@H]2C[C@@H](O)[C@@]2(C)[C@@H](C4=CC(=O)OC4)CC[C@@]32O)C1. The number of hydrogen-bond acceptors (Lipinski definition) is 6. The molecule has 0 bridgehead atoms. The standard InChI is InChI=1S/C27H42N2O5/c1-15(28)24(32)29(4)18-7-9-25(2)17(12-18)5-6-20-21(25)13-22(30)26(3)19(8-10-27(20,26)33)16-11-23(31)34-14-16/h11,15,17-22,30,33H,5-10,12-14,28H2,1-4H3/t15-,17-,18-,19-,20-,21-,22-,25-,26-,27-/m1/s1. The number of carbonyl (C=O) groups is 2. The minimum Gasteiger partial charge on any atom is -0.458 e. The number of nitrogens with zero attached hydrogens (tertiary/aromatic N) is 1. The fourth-order valence-electron chi connectivity index (χ4n) is 9.22. The second-order valence-corrected chi connectivity index (χ2v) is 12.5. The number of carbonyl (C=O) groups excluding carboxylic acids is 2. The fourth-order valence-corrected chi connectivity index (χ4v) is 9.22.